The fraction of sp³-hybridized carbons (Fsp3) is 0.632. The molecule has 2 saturated heterocycles. The number of nitrogens with zero attached hydrogens (tertiary/aromatic N) is 2. The molecule has 6 nitrogen and oxygen atoms in total. The third-order valence-electron chi connectivity index (χ3n) is 5.39. The monoisotopic (exact) mass is 379 g/mol. The number of benzene rings is 1. The minimum atomic E-state index is -3.36. The molecule has 144 valence electrons. The van der Waals surface area contributed by atoms with Gasteiger partial charge in [0, 0.05) is 32.6 Å². The van der Waals surface area contributed by atoms with Gasteiger partial charge in [-0.2, -0.15) is 4.31 Å². The Morgan fingerprint density at radius 2 is 1.85 bits per heavy atom. The van der Waals surface area contributed by atoms with Gasteiger partial charge in [-0.1, -0.05) is 12.1 Å². The summed E-state index contributed by atoms with van der Waals surface area (Å²) in [5.41, 5.74) is 1.00. The first-order valence-corrected chi connectivity index (χ1v) is 11.0. The smallest absolute Gasteiger partial charge is 0.243 e. The van der Waals surface area contributed by atoms with E-state index < -0.39 is 10.0 Å². The van der Waals surface area contributed by atoms with E-state index in [9.17, 15) is 13.2 Å². The number of carbonyl (C=O) groups excluding carboxylic acids is 1. The summed E-state index contributed by atoms with van der Waals surface area (Å²) < 4.78 is 26.6. The molecule has 2 aliphatic rings. The van der Waals surface area contributed by atoms with Crippen molar-refractivity contribution in [3.05, 3.63) is 29.8 Å². The van der Waals surface area contributed by atoms with Gasteiger partial charge >= 0.3 is 0 Å². The van der Waals surface area contributed by atoms with E-state index in [1.807, 2.05) is 24.1 Å². The van der Waals surface area contributed by atoms with E-state index in [0.717, 1.165) is 44.5 Å². The molecule has 0 aromatic heterocycles. The highest BCUT2D eigenvalue weighted by Gasteiger charge is 2.27. The highest BCUT2D eigenvalue weighted by atomic mass is 32.2. The van der Waals surface area contributed by atoms with Gasteiger partial charge in [-0.15, -0.1) is 0 Å². The molecule has 1 aromatic rings. The predicted octanol–water partition coefficient (Wildman–Crippen LogP) is 1.47. The fourth-order valence-electron chi connectivity index (χ4n) is 3.83. The molecule has 0 bridgehead atoms. The van der Waals surface area contributed by atoms with Gasteiger partial charge in [0.15, 0.2) is 0 Å². The zero-order valence-electron chi connectivity index (χ0n) is 15.5. The first kappa shape index (κ1) is 19.3. The molecule has 1 N–H and O–H groups in total. The zero-order chi connectivity index (χ0) is 18.6. The number of hydrogen-bond acceptors (Lipinski definition) is 4. The highest BCUT2D eigenvalue weighted by molar-refractivity contribution is 7.89. The summed E-state index contributed by atoms with van der Waals surface area (Å²) in [7, 11) is -1.42. The van der Waals surface area contributed by atoms with Crippen molar-refractivity contribution in [1.82, 2.24) is 14.5 Å². The summed E-state index contributed by atoms with van der Waals surface area (Å²) in [6, 6.07) is 7.02. The van der Waals surface area contributed by atoms with Crippen molar-refractivity contribution in [2.45, 2.75) is 37.0 Å². The Balaban J connectivity index is 1.52. The van der Waals surface area contributed by atoms with Crippen molar-refractivity contribution in [3.63, 3.8) is 0 Å². The maximum absolute atomic E-state index is 12.5. The normalized spacial score (nSPS) is 21.4. The van der Waals surface area contributed by atoms with Crippen LogP contribution in [0.2, 0.25) is 0 Å². The van der Waals surface area contributed by atoms with Crippen LogP contribution in [0.15, 0.2) is 29.2 Å². The van der Waals surface area contributed by atoms with Crippen LogP contribution < -0.4 is 5.32 Å². The van der Waals surface area contributed by atoms with Crippen LogP contribution in [0.25, 0.3) is 0 Å². The Labute approximate surface area is 156 Å². The maximum atomic E-state index is 12.5. The fourth-order valence-corrected chi connectivity index (χ4v) is 5.35. The van der Waals surface area contributed by atoms with Gasteiger partial charge in [0.1, 0.15) is 0 Å². The molecule has 0 spiro atoms. The Hall–Kier alpha value is -1.44. The van der Waals surface area contributed by atoms with Gasteiger partial charge in [0.05, 0.1) is 4.90 Å². The van der Waals surface area contributed by atoms with E-state index in [-0.39, 0.29) is 5.91 Å². The Morgan fingerprint density at radius 1 is 1.15 bits per heavy atom. The Morgan fingerprint density at radius 3 is 2.50 bits per heavy atom. The second kappa shape index (κ2) is 8.50. The summed E-state index contributed by atoms with van der Waals surface area (Å²) in [5.74, 6) is 0.747. The summed E-state index contributed by atoms with van der Waals surface area (Å²) in [4.78, 5) is 14.7. The van der Waals surface area contributed by atoms with E-state index >= 15 is 0 Å². The molecule has 1 unspecified atom stereocenters. The van der Waals surface area contributed by atoms with Crippen molar-refractivity contribution in [1.29, 1.82) is 0 Å². The number of hydrogen-bond donors (Lipinski definition) is 1. The predicted molar refractivity (Wildman–Crippen MR) is 101 cm³/mol. The molecule has 0 aliphatic carbocycles. The minimum absolute atomic E-state index is 0.192. The van der Waals surface area contributed by atoms with Gasteiger partial charge in [-0.3, -0.25) is 4.79 Å². The van der Waals surface area contributed by atoms with Crippen molar-refractivity contribution in [2.24, 2.45) is 5.92 Å². The topological polar surface area (TPSA) is 69.7 Å². The SMILES string of the molecule is CNCC1CCN(C(=O)CCc2ccc(S(=O)(=O)N3CCCC3)cc2)C1. The lowest BCUT2D eigenvalue weighted by atomic mass is 10.1. The van der Waals surface area contributed by atoms with E-state index in [2.05, 4.69) is 5.32 Å². The van der Waals surface area contributed by atoms with Crippen LogP contribution in [-0.2, 0) is 21.2 Å². The number of carbonyl (C=O) groups is 1. The van der Waals surface area contributed by atoms with E-state index in [1.165, 1.54) is 0 Å². The number of aryl methyl sites for hydroxylation is 1. The van der Waals surface area contributed by atoms with Gasteiger partial charge in [0.2, 0.25) is 15.9 Å². The van der Waals surface area contributed by atoms with Crippen molar-refractivity contribution in [3.8, 4) is 0 Å². The van der Waals surface area contributed by atoms with Crippen molar-refractivity contribution in [2.75, 3.05) is 39.8 Å². The van der Waals surface area contributed by atoms with Crippen molar-refractivity contribution >= 4 is 15.9 Å². The second-order valence-electron chi connectivity index (χ2n) is 7.31. The van der Waals surface area contributed by atoms with Crippen LogP contribution in [0.1, 0.15) is 31.2 Å². The molecule has 7 heteroatoms. The third-order valence-corrected chi connectivity index (χ3v) is 7.30. The molecule has 1 amide bonds. The largest absolute Gasteiger partial charge is 0.342 e. The molecule has 0 saturated carbocycles. The van der Waals surface area contributed by atoms with Crippen LogP contribution in [0.5, 0.6) is 0 Å². The number of likely N-dealkylation sites (tertiary alicyclic amines) is 1. The highest BCUT2D eigenvalue weighted by Crippen LogP contribution is 2.22. The number of sulfonamides is 1. The minimum Gasteiger partial charge on any atom is -0.342 e. The average molecular weight is 380 g/mol. The summed E-state index contributed by atoms with van der Waals surface area (Å²) >= 11 is 0. The lowest BCUT2D eigenvalue weighted by Gasteiger charge is -2.17. The Bertz CT molecular complexity index is 712. The van der Waals surface area contributed by atoms with Gasteiger partial charge < -0.3 is 10.2 Å². The van der Waals surface area contributed by atoms with Crippen molar-refractivity contribution < 1.29 is 13.2 Å². The first-order valence-electron chi connectivity index (χ1n) is 9.52. The van der Waals surface area contributed by atoms with Crippen LogP contribution in [-0.4, -0.2) is 63.3 Å². The number of amides is 1. The molecule has 1 aromatic carbocycles. The Kier molecular flexibility index (Phi) is 6.32. The lowest BCUT2D eigenvalue weighted by Crippen LogP contribution is -2.30. The van der Waals surface area contributed by atoms with Crippen LogP contribution in [0.3, 0.4) is 0 Å². The molecule has 2 heterocycles. The molecule has 26 heavy (non-hydrogen) atoms. The first-order chi connectivity index (χ1) is 12.5. The van der Waals surface area contributed by atoms with Crippen LogP contribution in [0, 0.1) is 5.92 Å². The number of rotatable bonds is 7. The molecule has 1 atom stereocenters. The second-order valence-corrected chi connectivity index (χ2v) is 9.25. The summed E-state index contributed by atoms with van der Waals surface area (Å²) in [5, 5.41) is 3.17. The maximum Gasteiger partial charge on any atom is 0.243 e. The van der Waals surface area contributed by atoms with E-state index in [0.29, 0.717) is 36.7 Å². The molecule has 2 fully saturated rings. The lowest BCUT2D eigenvalue weighted by molar-refractivity contribution is -0.130. The molecule has 2 aliphatic heterocycles. The van der Waals surface area contributed by atoms with Crippen LogP contribution >= 0.6 is 0 Å². The van der Waals surface area contributed by atoms with Gasteiger partial charge in [0.25, 0.3) is 0 Å². The van der Waals surface area contributed by atoms with E-state index in [1.54, 1.807) is 16.4 Å². The quantitative estimate of drug-likeness (QED) is 0.779. The van der Waals surface area contributed by atoms with Gasteiger partial charge in [-0.05, 0) is 62.9 Å². The van der Waals surface area contributed by atoms with Gasteiger partial charge in [-0.25, -0.2) is 8.42 Å². The zero-order valence-corrected chi connectivity index (χ0v) is 16.3. The van der Waals surface area contributed by atoms with Crippen LogP contribution in [0.4, 0.5) is 0 Å². The summed E-state index contributed by atoms with van der Waals surface area (Å²) in [6.45, 7) is 3.87. The van der Waals surface area contributed by atoms with E-state index in [4.69, 9.17) is 0 Å². The number of nitrogens with one attached hydrogen (secondary N) is 1. The summed E-state index contributed by atoms with van der Waals surface area (Å²) in [6.07, 6.45) is 4.06. The third kappa shape index (κ3) is 4.45. The molecule has 0 radical (unpaired) electrons. The molecular weight excluding hydrogens is 350 g/mol. The average Bonchev–Trinajstić information content (AvgIpc) is 3.32. The standard InChI is InChI=1S/C19H29N3O3S/c1-20-14-17-10-13-21(15-17)19(23)9-6-16-4-7-18(8-5-16)26(24,25)22-11-2-3-12-22/h4-5,7-8,17,20H,2-3,6,9-15H2,1H3. The molecule has 3 rings (SSSR count). The molecular formula is C19H29N3O3S.